The number of rotatable bonds is 3. The molecular weight excluding hydrogens is 392 g/mol. The molecule has 1 aliphatic rings. The van der Waals surface area contributed by atoms with Crippen molar-refractivity contribution in [2.75, 3.05) is 22.4 Å². The zero-order valence-corrected chi connectivity index (χ0v) is 15.5. The van der Waals surface area contributed by atoms with E-state index in [9.17, 15) is 13.2 Å². The first-order valence-electron chi connectivity index (χ1n) is 7.52. The normalized spacial score (nSPS) is 14.2. The highest BCUT2D eigenvalue weighted by Gasteiger charge is 2.24. The lowest BCUT2D eigenvalue weighted by atomic mass is 10.0. The monoisotopic (exact) mass is 408 g/mol. The average Bonchev–Trinajstić information content (AvgIpc) is 2.53. The molecule has 0 atom stereocenters. The lowest BCUT2D eigenvalue weighted by Gasteiger charge is -2.29. The Hall–Kier alpha value is -1.86. The largest absolute Gasteiger partial charge is 0.322 e. The van der Waals surface area contributed by atoms with E-state index in [1.165, 1.54) is 10.6 Å². The molecule has 1 aliphatic heterocycles. The van der Waals surface area contributed by atoms with Crippen LogP contribution in [-0.4, -0.2) is 27.1 Å². The number of nitrogens with one attached hydrogen (secondary N) is 1. The summed E-state index contributed by atoms with van der Waals surface area (Å²) in [6.45, 7) is 0.467. The van der Waals surface area contributed by atoms with Gasteiger partial charge in [-0.15, -0.1) is 0 Å². The van der Waals surface area contributed by atoms with Gasteiger partial charge >= 0.3 is 0 Å². The minimum Gasteiger partial charge on any atom is -0.322 e. The summed E-state index contributed by atoms with van der Waals surface area (Å²) in [4.78, 5) is 12.3. The lowest BCUT2D eigenvalue weighted by molar-refractivity contribution is 0.102. The Morgan fingerprint density at radius 2 is 2.00 bits per heavy atom. The number of aryl methyl sites for hydroxylation is 1. The van der Waals surface area contributed by atoms with E-state index in [0.29, 0.717) is 23.5 Å². The van der Waals surface area contributed by atoms with Crippen LogP contribution in [0, 0.1) is 0 Å². The smallest absolute Gasteiger partial charge is 0.255 e. The average molecular weight is 409 g/mol. The Balaban J connectivity index is 1.89. The van der Waals surface area contributed by atoms with Crippen LogP contribution in [0.5, 0.6) is 0 Å². The number of amides is 1. The number of hydrogen-bond acceptors (Lipinski definition) is 3. The maximum atomic E-state index is 12.3. The van der Waals surface area contributed by atoms with Crippen molar-refractivity contribution in [1.29, 1.82) is 0 Å². The fourth-order valence-corrected chi connectivity index (χ4v) is 4.18. The Kier molecular flexibility index (Phi) is 4.64. The van der Waals surface area contributed by atoms with Crippen LogP contribution in [0.25, 0.3) is 0 Å². The number of sulfonamides is 1. The summed E-state index contributed by atoms with van der Waals surface area (Å²) in [5, 5.41) is 2.83. The molecule has 0 fully saturated rings. The molecule has 0 aliphatic carbocycles. The molecule has 0 saturated carbocycles. The third-order valence-corrected chi connectivity index (χ3v) is 5.58. The topological polar surface area (TPSA) is 66.5 Å². The highest BCUT2D eigenvalue weighted by atomic mass is 79.9. The number of nitrogens with zero attached hydrogens (tertiary/aromatic N) is 1. The molecule has 7 heteroatoms. The van der Waals surface area contributed by atoms with Crippen LogP contribution >= 0.6 is 15.9 Å². The molecular formula is C17H17BrN2O3S. The second-order valence-electron chi connectivity index (χ2n) is 5.75. The minimum atomic E-state index is -3.33. The fraction of sp³-hybridized carbons (Fsp3) is 0.235. The van der Waals surface area contributed by atoms with Crippen LogP contribution in [0.2, 0.25) is 0 Å². The molecule has 2 aromatic carbocycles. The molecule has 0 aromatic heterocycles. The molecule has 0 unspecified atom stereocenters. The van der Waals surface area contributed by atoms with Gasteiger partial charge in [0, 0.05) is 22.3 Å². The maximum absolute atomic E-state index is 12.3. The van der Waals surface area contributed by atoms with E-state index in [1.807, 2.05) is 12.1 Å². The van der Waals surface area contributed by atoms with Gasteiger partial charge in [-0.2, -0.15) is 0 Å². The number of benzene rings is 2. The van der Waals surface area contributed by atoms with Crippen molar-refractivity contribution < 1.29 is 13.2 Å². The minimum absolute atomic E-state index is 0.238. The van der Waals surface area contributed by atoms with Crippen molar-refractivity contribution >= 4 is 43.2 Å². The summed E-state index contributed by atoms with van der Waals surface area (Å²) in [7, 11) is -3.33. The lowest BCUT2D eigenvalue weighted by Crippen LogP contribution is -2.34. The van der Waals surface area contributed by atoms with Gasteiger partial charge in [0.15, 0.2) is 0 Å². The zero-order valence-electron chi connectivity index (χ0n) is 13.1. The van der Waals surface area contributed by atoms with E-state index in [2.05, 4.69) is 21.2 Å². The summed E-state index contributed by atoms with van der Waals surface area (Å²) >= 11 is 3.34. The molecule has 3 rings (SSSR count). The number of halogens is 1. The van der Waals surface area contributed by atoms with Gasteiger partial charge in [0.05, 0.1) is 11.9 Å². The van der Waals surface area contributed by atoms with Crippen LogP contribution in [0.1, 0.15) is 22.3 Å². The molecule has 5 nitrogen and oxygen atoms in total. The third-order valence-electron chi connectivity index (χ3n) is 3.91. The van der Waals surface area contributed by atoms with Gasteiger partial charge < -0.3 is 5.32 Å². The SMILES string of the molecule is CS(=O)(=O)N1CCCc2ccc(NC(=O)c3cccc(Br)c3)cc21. The highest BCUT2D eigenvalue weighted by molar-refractivity contribution is 9.10. The summed E-state index contributed by atoms with van der Waals surface area (Å²) in [6.07, 6.45) is 2.83. The molecule has 0 spiro atoms. The highest BCUT2D eigenvalue weighted by Crippen LogP contribution is 2.31. The molecule has 2 aromatic rings. The number of carbonyl (C=O) groups is 1. The second kappa shape index (κ2) is 6.57. The molecule has 0 saturated heterocycles. The van der Waals surface area contributed by atoms with Gasteiger partial charge in [0.25, 0.3) is 5.91 Å². The van der Waals surface area contributed by atoms with Crippen LogP contribution in [0.15, 0.2) is 46.9 Å². The van der Waals surface area contributed by atoms with Crippen molar-refractivity contribution in [3.8, 4) is 0 Å². The molecule has 1 amide bonds. The quantitative estimate of drug-likeness (QED) is 0.845. The first kappa shape index (κ1) is 17.0. The summed E-state index contributed by atoms with van der Waals surface area (Å²) in [5.41, 5.74) is 2.74. The maximum Gasteiger partial charge on any atom is 0.255 e. The third kappa shape index (κ3) is 3.62. The van der Waals surface area contributed by atoms with Crippen molar-refractivity contribution in [3.05, 3.63) is 58.1 Å². The van der Waals surface area contributed by atoms with E-state index in [0.717, 1.165) is 22.9 Å². The van der Waals surface area contributed by atoms with Gasteiger partial charge in [-0.05, 0) is 48.7 Å². The Labute approximate surface area is 149 Å². The summed E-state index contributed by atoms with van der Waals surface area (Å²) < 4.78 is 26.2. The van der Waals surface area contributed by atoms with Crippen molar-refractivity contribution in [1.82, 2.24) is 0 Å². The van der Waals surface area contributed by atoms with E-state index in [-0.39, 0.29) is 5.91 Å². The van der Waals surface area contributed by atoms with Gasteiger partial charge in [0.2, 0.25) is 10.0 Å². The molecule has 1 heterocycles. The van der Waals surface area contributed by atoms with Gasteiger partial charge in [-0.3, -0.25) is 9.10 Å². The Morgan fingerprint density at radius 3 is 2.71 bits per heavy atom. The van der Waals surface area contributed by atoms with Gasteiger partial charge in [-0.25, -0.2) is 8.42 Å². The number of fused-ring (bicyclic) bond motifs is 1. The molecule has 0 radical (unpaired) electrons. The van der Waals surface area contributed by atoms with Crippen molar-refractivity contribution in [2.24, 2.45) is 0 Å². The number of hydrogen-bond donors (Lipinski definition) is 1. The standard InChI is InChI=1S/C17H17BrN2O3S/c1-24(22,23)20-9-3-5-12-7-8-15(11-16(12)20)19-17(21)13-4-2-6-14(18)10-13/h2,4,6-8,10-11H,3,5,9H2,1H3,(H,19,21). The first-order valence-corrected chi connectivity index (χ1v) is 10.2. The van der Waals surface area contributed by atoms with E-state index < -0.39 is 10.0 Å². The number of anilines is 2. The predicted octanol–water partition coefficient (Wildman–Crippen LogP) is 3.41. The van der Waals surface area contributed by atoms with Gasteiger partial charge in [-0.1, -0.05) is 28.1 Å². The summed E-state index contributed by atoms with van der Waals surface area (Å²) in [5.74, 6) is -0.238. The molecule has 126 valence electrons. The first-order chi connectivity index (χ1) is 11.3. The van der Waals surface area contributed by atoms with Crippen LogP contribution in [-0.2, 0) is 16.4 Å². The molecule has 0 bridgehead atoms. The molecule has 24 heavy (non-hydrogen) atoms. The van der Waals surface area contributed by atoms with E-state index in [1.54, 1.807) is 30.3 Å². The van der Waals surface area contributed by atoms with Crippen LogP contribution in [0.4, 0.5) is 11.4 Å². The molecule has 1 N–H and O–H groups in total. The van der Waals surface area contributed by atoms with E-state index >= 15 is 0 Å². The Bertz CT molecular complexity index is 896. The van der Waals surface area contributed by atoms with Crippen LogP contribution in [0.3, 0.4) is 0 Å². The van der Waals surface area contributed by atoms with E-state index in [4.69, 9.17) is 0 Å². The second-order valence-corrected chi connectivity index (χ2v) is 8.57. The predicted molar refractivity (Wildman–Crippen MR) is 99.0 cm³/mol. The summed E-state index contributed by atoms with van der Waals surface area (Å²) in [6, 6.07) is 12.5. The van der Waals surface area contributed by atoms with Crippen molar-refractivity contribution in [2.45, 2.75) is 12.8 Å². The van der Waals surface area contributed by atoms with Gasteiger partial charge in [0.1, 0.15) is 0 Å². The van der Waals surface area contributed by atoms with Crippen molar-refractivity contribution in [3.63, 3.8) is 0 Å². The number of carbonyl (C=O) groups excluding carboxylic acids is 1. The zero-order chi connectivity index (χ0) is 17.3. The Morgan fingerprint density at radius 1 is 1.21 bits per heavy atom. The van der Waals surface area contributed by atoms with Crippen LogP contribution < -0.4 is 9.62 Å². The fourth-order valence-electron chi connectivity index (χ4n) is 2.80.